The fraction of sp³-hybridized carbons (Fsp3) is 0.280. The zero-order valence-electron chi connectivity index (χ0n) is 16.3. The van der Waals surface area contributed by atoms with E-state index in [-0.39, 0.29) is 0 Å². The zero-order valence-corrected chi connectivity index (χ0v) is 16.3. The number of nitrogens with one attached hydrogen (secondary N) is 1. The van der Waals surface area contributed by atoms with Crippen LogP contribution in [0, 0.1) is 0 Å². The van der Waals surface area contributed by atoms with E-state index in [0.717, 1.165) is 37.4 Å². The highest BCUT2D eigenvalue weighted by Gasteiger charge is 2.04. The second-order valence-corrected chi connectivity index (χ2v) is 7.18. The van der Waals surface area contributed by atoms with Crippen molar-refractivity contribution in [3.63, 3.8) is 0 Å². The molecule has 2 heteroatoms. The molecule has 1 N–H and O–H groups in total. The fourth-order valence-electron chi connectivity index (χ4n) is 3.06. The molecular formula is C25H29NO. The van der Waals surface area contributed by atoms with Gasteiger partial charge in [-0.25, -0.2) is 0 Å². The van der Waals surface area contributed by atoms with E-state index in [2.05, 4.69) is 79.8 Å². The molecule has 3 rings (SSSR count). The molecule has 3 aromatic rings. The van der Waals surface area contributed by atoms with E-state index < -0.39 is 0 Å². The van der Waals surface area contributed by atoms with E-state index in [9.17, 15) is 0 Å². The van der Waals surface area contributed by atoms with Crippen LogP contribution in [0.5, 0.6) is 5.75 Å². The SMILES string of the molecule is CC(C)c1ccc(CNc2ccccc2OCCCc2ccccc2)cc1. The van der Waals surface area contributed by atoms with Crippen LogP contribution in [0.4, 0.5) is 5.69 Å². The molecule has 0 aromatic heterocycles. The molecule has 0 unspecified atom stereocenters. The molecule has 27 heavy (non-hydrogen) atoms. The van der Waals surface area contributed by atoms with E-state index in [1.807, 2.05) is 18.2 Å². The molecule has 0 aliphatic rings. The zero-order chi connectivity index (χ0) is 18.9. The van der Waals surface area contributed by atoms with Crippen molar-refractivity contribution in [2.45, 2.75) is 39.2 Å². The normalized spacial score (nSPS) is 10.8. The lowest BCUT2D eigenvalue weighted by Crippen LogP contribution is -2.04. The van der Waals surface area contributed by atoms with Gasteiger partial charge in [0, 0.05) is 6.54 Å². The molecule has 0 saturated carbocycles. The van der Waals surface area contributed by atoms with E-state index in [1.54, 1.807) is 0 Å². The maximum Gasteiger partial charge on any atom is 0.142 e. The maximum absolute atomic E-state index is 6.04. The molecule has 0 amide bonds. The summed E-state index contributed by atoms with van der Waals surface area (Å²) < 4.78 is 6.04. The molecule has 2 nitrogen and oxygen atoms in total. The van der Waals surface area contributed by atoms with Crippen LogP contribution in [0.2, 0.25) is 0 Å². The van der Waals surface area contributed by atoms with Gasteiger partial charge in [-0.1, -0.05) is 80.6 Å². The van der Waals surface area contributed by atoms with Gasteiger partial charge in [0.1, 0.15) is 5.75 Å². The van der Waals surface area contributed by atoms with Crippen LogP contribution in [0.1, 0.15) is 42.9 Å². The van der Waals surface area contributed by atoms with E-state index in [1.165, 1.54) is 16.7 Å². The van der Waals surface area contributed by atoms with Gasteiger partial charge in [-0.15, -0.1) is 0 Å². The predicted octanol–water partition coefficient (Wildman–Crippen LogP) is 6.43. The molecule has 0 heterocycles. The third-order valence-corrected chi connectivity index (χ3v) is 4.73. The highest BCUT2D eigenvalue weighted by atomic mass is 16.5. The third-order valence-electron chi connectivity index (χ3n) is 4.73. The first-order valence-corrected chi connectivity index (χ1v) is 9.81. The van der Waals surface area contributed by atoms with Gasteiger partial charge in [-0.05, 0) is 47.6 Å². The largest absolute Gasteiger partial charge is 0.491 e. The molecular weight excluding hydrogens is 330 g/mol. The Morgan fingerprint density at radius 1 is 0.778 bits per heavy atom. The van der Waals surface area contributed by atoms with Crippen LogP contribution in [0.3, 0.4) is 0 Å². The molecule has 0 saturated heterocycles. The Labute approximate surface area is 163 Å². The second-order valence-electron chi connectivity index (χ2n) is 7.18. The summed E-state index contributed by atoms with van der Waals surface area (Å²) in [4.78, 5) is 0. The minimum absolute atomic E-state index is 0.567. The quantitative estimate of drug-likeness (QED) is 0.444. The number of rotatable bonds is 9. The van der Waals surface area contributed by atoms with Gasteiger partial charge >= 0.3 is 0 Å². The van der Waals surface area contributed by atoms with Gasteiger partial charge in [-0.2, -0.15) is 0 Å². The van der Waals surface area contributed by atoms with Gasteiger partial charge < -0.3 is 10.1 Å². The van der Waals surface area contributed by atoms with Crippen LogP contribution < -0.4 is 10.1 Å². The molecule has 0 aliphatic carbocycles. The monoisotopic (exact) mass is 359 g/mol. The first-order chi connectivity index (χ1) is 13.2. The Bertz CT molecular complexity index is 809. The van der Waals surface area contributed by atoms with Gasteiger partial charge in [-0.3, -0.25) is 0 Å². The van der Waals surface area contributed by atoms with Crippen molar-refractivity contribution in [3.8, 4) is 5.75 Å². The summed E-state index contributed by atoms with van der Waals surface area (Å²) in [5.41, 5.74) is 5.06. The van der Waals surface area contributed by atoms with Crippen LogP contribution in [-0.4, -0.2) is 6.61 Å². The molecule has 0 aliphatic heterocycles. The van der Waals surface area contributed by atoms with Crippen molar-refractivity contribution in [1.29, 1.82) is 0 Å². The van der Waals surface area contributed by atoms with Gasteiger partial charge in [0.15, 0.2) is 0 Å². The van der Waals surface area contributed by atoms with Crippen molar-refractivity contribution in [1.82, 2.24) is 0 Å². The Morgan fingerprint density at radius 2 is 1.48 bits per heavy atom. The first-order valence-electron chi connectivity index (χ1n) is 9.81. The van der Waals surface area contributed by atoms with Crippen LogP contribution in [0.25, 0.3) is 0 Å². The Balaban J connectivity index is 1.51. The first kappa shape index (κ1) is 19.0. The predicted molar refractivity (Wildman–Crippen MR) is 115 cm³/mol. The summed E-state index contributed by atoms with van der Waals surface area (Å²) in [6.07, 6.45) is 2.05. The lowest BCUT2D eigenvalue weighted by Gasteiger charge is -2.14. The summed E-state index contributed by atoms with van der Waals surface area (Å²) >= 11 is 0. The molecule has 0 radical (unpaired) electrons. The van der Waals surface area contributed by atoms with Crippen molar-refractivity contribution in [3.05, 3.63) is 95.6 Å². The topological polar surface area (TPSA) is 21.3 Å². The minimum Gasteiger partial charge on any atom is -0.491 e. The lowest BCUT2D eigenvalue weighted by atomic mass is 10.0. The number of ether oxygens (including phenoxy) is 1. The Morgan fingerprint density at radius 3 is 2.22 bits per heavy atom. The average molecular weight is 360 g/mol. The number of aryl methyl sites for hydroxylation is 1. The Kier molecular flexibility index (Phi) is 6.92. The van der Waals surface area contributed by atoms with Crippen molar-refractivity contribution >= 4 is 5.69 Å². The van der Waals surface area contributed by atoms with Gasteiger partial charge in [0.05, 0.1) is 12.3 Å². The summed E-state index contributed by atoms with van der Waals surface area (Å²) in [6.45, 7) is 5.96. The lowest BCUT2D eigenvalue weighted by molar-refractivity contribution is 0.312. The summed E-state index contributed by atoms with van der Waals surface area (Å²) in [6, 6.07) is 27.6. The van der Waals surface area contributed by atoms with Gasteiger partial charge in [0.2, 0.25) is 0 Å². The number of para-hydroxylation sites is 2. The number of anilines is 1. The van der Waals surface area contributed by atoms with Gasteiger partial charge in [0.25, 0.3) is 0 Å². The molecule has 0 atom stereocenters. The molecule has 140 valence electrons. The number of hydrogen-bond donors (Lipinski definition) is 1. The highest BCUT2D eigenvalue weighted by Crippen LogP contribution is 2.25. The van der Waals surface area contributed by atoms with Crippen molar-refractivity contribution in [2.24, 2.45) is 0 Å². The number of hydrogen-bond acceptors (Lipinski definition) is 2. The molecule has 0 bridgehead atoms. The fourth-order valence-corrected chi connectivity index (χ4v) is 3.06. The van der Waals surface area contributed by atoms with Crippen LogP contribution in [-0.2, 0) is 13.0 Å². The molecule has 0 fully saturated rings. The molecule has 3 aromatic carbocycles. The summed E-state index contributed by atoms with van der Waals surface area (Å²) in [5, 5.41) is 3.51. The summed E-state index contributed by atoms with van der Waals surface area (Å²) in [5.74, 6) is 1.49. The van der Waals surface area contributed by atoms with E-state index in [4.69, 9.17) is 4.74 Å². The third kappa shape index (κ3) is 5.89. The second kappa shape index (κ2) is 9.82. The van der Waals surface area contributed by atoms with Crippen molar-refractivity contribution in [2.75, 3.05) is 11.9 Å². The smallest absolute Gasteiger partial charge is 0.142 e. The van der Waals surface area contributed by atoms with Crippen LogP contribution >= 0.6 is 0 Å². The maximum atomic E-state index is 6.04. The summed E-state index contributed by atoms with van der Waals surface area (Å²) in [7, 11) is 0. The number of benzene rings is 3. The van der Waals surface area contributed by atoms with Crippen LogP contribution in [0.15, 0.2) is 78.9 Å². The average Bonchev–Trinajstić information content (AvgIpc) is 2.71. The van der Waals surface area contributed by atoms with E-state index >= 15 is 0 Å². The van der Waals surface area contributed by atoms with Crippen molar-refractivity contribution < 1.29 is 4.74 Å². The van der Waals surface area contributed by atoms with E-state index in [0.29, 0.717) is 5.92 Å². The minimum atomic E-state index is 0.567. The highest BCUT2D eigenvalue weighted by molar-refractivity contribution is 5.56. The Hall–Kier alpha value is -2.74. The standard InChI is InChI=1S/C25H29NO/c1-20(2)23-16-14-22(15-17-23)19-26-24-12-6-7-13-25(24)27-18-8-11-21-9-4-3-5-10-21/h3-7,9-10,12-17,20,26H,8,11,18-19H2,1-2H3. The molecule has 0 spiro atoms.